The van der Waals surface area contributed by atoms with E-state index in [2.05, 4.69) is 4.98 Å². The van der Waals surface area contributed by atoms with Gasteiger partial charge in [-0.1, -0.05) is 6.07 Å². The number of carboxylic acids is 1. The molecule has 0 saturated carbocycles. The summed E-state index contributed by atoms with van der Waals surface area (Å²) < 4.78 is 18.4. The molecule has 2 N–H and O–H groups in total. The molecule has 19 heavy (non-hydrogen) atoms. The topological polar surface area (TPSA) is 79.4 Å². The van der Waals surface area contributed by atoms with Gasteiger partial charge in [0, 0.05) is 11.8 Å². The highest BCUT2D eigenvalue weighted by atomic mass is 19.1. The van der Waals surface area contributed by atoms with Crippen LogP contribution >= 0.6 is 0 Å². The molecule has 1 aromatic heterocycles. The molecular formula is C13H10FNO4. The Morgan fingerprint density at radius 2 is 2.11 bits per heavy atom. The van der Waals surface area contributed by atoms with Crippen LogP contribution in [0.3, 0.4) is 0 Å². The van der Waals surface area contributed by atoms with Crippen molar-refractivity contribution in [3.05, 3.63) is 52.2 Å². The van der Waals surface area contributed by atoms with Gasteiger partial charge in [0.2, 0.25) is 0 Å². The summed E-state index contributed by atoms with van der Waals surface area (Å²) in [5, 5.41) is 9.04. The number of rotatable bonds is 3. The van der Waals surface area contributed by atoms with E-state index in [1.165, 1.54) is 31.5 Å². The molecular weight excluding hydrogens is 253 g/mol. The van der Waals surface area contributed by atoms with Crippen LogP contribution in [-0.2, 0) is 0 Å². The first-order valence-corrected chi connectivity index (χ1v) is 5.33. The fourth-order valence-corrected chi connectivity index (χ4v) is 1.77. The number of H-pyrrole nitrogens is 1. The predicted octanol–water partition coefficient (Wildman–Crippen LogP) is 1.89. The number of halogens is 1. The number of aromatic carboxylic acids is 1. The number of benzene rings is 1. The van der Waals surface area contributed by atoms with Gasteiger partial charge in [-0.05, 0) is 23.8 Å². The molecule has 0 aliphatic carbocycles. The fourth-order valence-electron chi connectivity index (χ4n) is 1.77. The second kappa shape index (κ2) is 4.93. The predicted molar refractivity (Wildman–Crippen MR) is 66.0 cm³/mol. The zero-order chi connectivity index (χ0) is 14.0. The molecule has 2 aromatic rings. The number of hydrogen-bond acceptors (Lipinski definition) is 3. The number of pyridine rings is 1. The Labute approximate surface area is 107 Å². The van der Waals surface area contributed by atoms with Crippen molar-refractivity contribution in [1.82, 2.24) is 4.98 Å². The van der Waals surface area contributed by atoms with Crippen LogP contribution in [0.1, 0.15) is 10.4 Å². The summed E-state index contributed by atoms with van der Waals surface area (Å²) in [6.07, 6.45) is 1.31. The number of aromatic nitrogens is 1. The Morgan fingerprint density at radius 3 is 2.68 bits per heavy atom. The number of carbonyl (C=O) groups is 1. The average Bonchev–Trinajstić information content (AvgIpc) is 2.37. The van der Waals surface area contributed by atoms with Crippen molar-refractivity contribution in [2.75, 3.05) is 7.11 Å². The quantitative estimate of drug-likeness (QED) is 0.886. The van der Waals surface area contributed by atoms with Crippen LogP contribution in [0.5, 0.6) is 5.75 Å². The average molecular weight is 263 g/mol. The summed E-state index contributed by atoms with van der Waals surface area (Å²) >= 11 is 0. The van der Waals surface area contributed by atoms with Crippen LogP contribution in [0.25, 0.3) is 11.1 Å². The van der Waals surface area contributed by atoms with Crippen LogP contribution in [0, 0.1) is 5.82 Å². The molecule has 0 unspecified atom stereocenters. The molecule has 1 aromatic carbocycles. The van der Waals surface area contributed by atoms with Crippen LogP contribution in [0.4, 0.5) is 4.39 Å². The van der Waals surface area contributed by atoms with Crippen molar-refractivity contribution in [2.45, 2.75) is 0 Å². The van der Waals surface area contributed by atoms with Gasteiger partial charge < -0.3 is 14.8 Å². The molecule has 6 heteroatoms. The van der Waals surface area contributed by atoms with Crippen molar-refractivity contribution in [3.8, 4) is 16.9 Å². The van der Waals surface area contributed by atoms with Crippen molar-refractivity contribution in [2.24, 2.45) is 0 Å². The molecule has 0 atom stereocenters. The molecule has 0 saturated heterocycles. The van der Waals surface area contributed by atoms with Crippen LogP contribution in [-0.4, -0.2) is 23.2 Å². The third-order valence-electron chi connectivity index (χ3n) is 2.64. The minimum absolute atomic E-state index is 0.0467. The van der Waals surface area contributed by atoms with Crippen LogP contribution < -0.4 is 10.3 Å². The zero-order valence-electron chi connectivity index (χ0n) is 9.94. The highest BCUT2D eigenvalue weighted by Gasteiger charge is 2.17. The van der Waals surface area contributed by atoms with Gasteiger partial charge in [-0.25, -0.2) is 9.18 Å². The third-order valence-corrected chi connectivity index (χ3v) is 2.64. The van der Waals surface area contributed by atoms with E-state index in [0.29, 0.717) is 5.56 Å². The van der Waals surface area contributed by atoms with Gasteiger partial charge in [-0.15, -0.1) is 0 Å². The number of methoxy groups -OCH3 is 1. The van der Waals surface area contributed by atoms with Crippen molar-refractivity contribution >= 4 is 5.97 Å². The maximum Gasteiger partial charge on any atom is 0.341 e. The maximum absolute atomic E-state index is 13.6. The SMILES string of the molecule is COc1ccc(-c2cc[nH]c(=O)c2C(=O)O)cc1F. The first kappa shape index (κ1) is 12.8. The lowest BCUT2D eigenvalue weighted by Crippen LogP contribution is -2.18. The molecule has 0 bridgehead atoms. The summed E-state index contributed by atoms with van der Waals surface area (Å²) in [5.74, 6) is -1.95. The highest BCUT2D eigenvalue weighted by molar-refractivity contribution is 5.95. The van der Waals surface area contributed by atoms with Crippen LogP contribution in [0.15, 0.2) is 35.3 Å². The molecule has 2 rings (SSSR count). The Morgan fingerprint density at radius 1 is 1.37 bits per heavy atom. The smallest absolute Gasteiger partial charge is 0.341 e. The van der Waals surface area contributed by atoms with E-state index in [-0.39, 0.29) is 11.3 Å². The van der Waals surface area contributed by atoms with E-state index < -0.39 is 22.9 Å². The Balaban J connectivity index is 2.66. The molecule has 1 heterocycles. The first-order valence-electron chi connectivity index (χ1n) is 5.33. The van der Waals surface area contributed by atoms with E-state index >= 15 is 0 Å². The summed E-state index contributed by atoms with van der Waals surface area (Å²) in [6.45, 7) is 0. The van der Waals surface area contributed by atoms with Gasteiger partial charge in [-0.3, -0.25) is 4.79 Å². The van der Waals surface area contributed by atoms with Crippen LogP contribution in [0.2, 0.25) is 0 Å². The second-order valence-corrected chi connectivity index (χ2v) is 3.75. The largest absolute Gasteiger partial charge is 0.494 e. The molecule has 98 valence electrons. The van der Waals surface area contributed by atoms with E-state index in [1.54, 1.807) is 0 Å². The number of nitrogens with one attached hydrogen (secondary N) is 1. The fraction of sp³-hybridized carbons (Fsp3) is 0.0769. The third kappa shape index (κ3) is 2.33. The van der Waals surface area contributed by atoms with Gasteiger partial charge in [0.15, 0.2) is 11.6 Å². The normalized spacial score (nSPS) is 10.2. The Hall–Kier alpha value is -2.63. The monoisotopic (exact) mass is 263 g/mol. The molecule has 0 radical (unpaired) electrons. The standard InChI is InChI=1S/C13H10FNO4/c1-19-10-3-2-7(6-9(10)14)8-4-5-15-12(16)11(8)13(17)18/h2-6H,1H3,(H,15,16)(H,17,18). The summed E-state index contributed by atoms with van der Waals surface area (Å²) in [5.41, 5.74) is -0.715. The van der Waals surface area contributed by atoms with E-state index in [1.807, 2.05) is 0 Å². The molecule has 0 aliphatic rings. The maximum atomic E-state index is 13.6. The summed E-state index contributed by atoms with van der Waals surface area (Å²) in [7, 11) is 1.33. The highest BCUT2D eigenvalue weighted by Crippen LogP contribution is 2.26. The van der Waals surface area contributed by atoms with Crippen molar-refractivity contribution in [3.63, 3.8) is 0 Å². The lowest BCUT2D eigenvalue weighted by atomic mass is 10.0. The van der Waals surface area contributed by atoms with E-state index in [9.17, 15) is 14.0 Å². The zero-order valence-corrected chi connectivity index (χ0v) is 9.94. The lowest BCUT2D eigenvalue weighted by Gasteiger charge is -2.07. The van der Waals surface area contributed by atoms with Gasteiger partial charge in [-0.2, -0.15) is 0 Å². The molecule has 0 aliphatic heterocycles. The van der Waals surface area contributed by atoms with Gasteiger partial charge in [0.05, 0.1) is 7.11 Å². The van der Waals surface area contributed by atoms with E-state index in [0.717, 1.165) is 6.07 Å². The number of ether oxygens (including phenoxy) is 1. The minimum Gasteiger partial charge on any atom is -0.494 e. The minimum atomic E-state index is -1.37. The van der Waals surface area contributed by atoms with Crippen molar-refractivity contribution in [1.29, 1.82) is 0 Å². The van der Waals surface area contributed by atoms with E-state index in [4.69, 9.17) is 9.84 Å². The van der Waals surface area contributed by atoms with Crippen molar-refractivity contribution < 1.29 is 19.0 Å². The molecule has 0 spiro atoms. The summed E-state index contributed by atoms with van der Waals surface area (Å²) in [4.78, 5) is 24.9. The van der Waals surface area contributed by atoms with Gasteiger partial charge >= 0.3 is 5.97 Å². The number of hydrogen-bond donors (Lipinski definition) is 2. The first-order chi connectivity index (χ1) is 9.04. The van der Waals surface area contributed by atoms with Gasteiger partial charge in [0.1, 0.15) is 5.56 Å². The Bertz CT molecular complexity index is 693. The van der Waals surface area contributed by atoms with Gasteiger partial charge in [0.25, 0.3) is 5.56 Å². The molecule has 0 amide bonds. The number of aromatic amines is 1. The summed E-state index contributed by atoms with van der Waals surface area (Å²) in [6, 6.07) is 5.40. The second-order valence-electron chi connectivity index (χ2n) is 3.75. The molecule has 0 fully saturated rings. The molecule has 5 nitrogen and oxygen atoms in total. The number of carboxylic acid groups (broad SMARTS) is 1. The Kier molecular flexibility index (Phi) is 3.33. The lowest BCUT2D eigenvalue weighted by molar-refractivity contribution is 0.0696.